The third kappa shape index (κ3) is 4.35. The second kappa shape index (κ2) is 8.66. The summed E-state index contributed by atoms with van der Waals surface area (Å²) >= 11 is 0. The van der Waals surface area contributed by atoms with Crippen LogP contribution in [0, 0.1) is 11.7 Å². The molecule has 4 rings (SSSR count). The molecule has 2 unspecified atom stereocenters. The molecule has 3 aromatic rings. The number of piperidine rings is 1. The normalized spacial score (nSPS) is 17.5. The summed E-state index contributed by atoms with van der Waals surface area (Å²) < 4.78 is 13.1. The van der Waals surface area contributed by atoms with Crippen molar-refractivity contribution in [3.05, 3.63) is 83.7 Å². The van der Waals surface area contributed by atoms with Crippen LogP contribution in [0.1, 0.15) is 41.7 Å². The van der Waals surface area contributed by atoms with Crippen molar-refractivity contribution < 1.29 is 14.0 Å². The first kappa shape index (κ1) is 20.1. The zero-order valence-corrected chi connectivity index (χ0v) is 17.0. The third-order valence-electron chi connectivity index (χ3n) is 5.80. The molecule has 2 amide bonds. The van der Waals surface area contributed by atoms with Crippen LogP contribution in [-0.2, 0) is 4.79 Å². The number of hydrogen-bond acceptors (Lipinski definition) is 2. The maximum atomic E-state index is 13.1. The summed E-state index contributed by atoms with van der Waals surface area (Å²) in [7, 11) is 0. The molecule has 0 aliphatic carbocycles. The van der Waals surface area contributed by atoms with Crippen molar-refractivity contribution in [2.45, 2.75) is 25.8 Å². The van der Waals surface area contributed by atoms with Gasteiger partial charge in [-0.3, -0.25) is 9.59 Å². The molecule has 0 radical (unpaired) electrons. The van der Waals surface area contributed by atoms with E-state index in [4.69, 9.17) is 0 Å². The summed E-state index contributed by atoms with van der Waals surface area (Å²) in [5, 5.41) is 5.42. The van der Waals surface area contributed by atoms with Gasteiger partial charge in [0.2, 0.25) is 5.91 Å². The van der Waals surface area contributed by atoms with Gasteiger partial charge >= 0.3 is 0 Å². The lowest BCUT2D eigenvalue weighted by Gasteiger charge is -2.32. The van der Waals surface area contributed by atoms with Gasteiger partial charge < -0.3 is 10.2 Å². The number of nitrogens with zero attached hydrogens (tertiary/aromatic N) is 1. The quantitative estimate of drug-likeness (QED) is 0.685. The molecule has 0 saturated carbocycles. The zero-order valence-electron chi connectivity index (χ0n) is 17.0. The Morgan fingerprint density at radius 1 is 1.03 bits per heavy atom. The van der Waals surface area contributed by atoms with Crippen LogP contribution in [0.4, 0.5) is 4.39 Å². The molecule has 1 N–H and O–H groups in total. The van der Waals surface area contributed by atoms with E-state index in [0.29, 0.717) is 18.7 Å². The van der Waals surface area contributed by atoms with Gasteiger partial charge in [0, 0.05) is 18.7 Å². The Hall–Kier alpha value is -3.21. The Bertz CT molecular complexity index is 1060. The van der Waals surface area contributed by atoms with Crippen LogP contribution >= 0.6 is 0 Å². The molecule has 5 heteroatoms. The van der Waals surface area contributed by atoms with Crippen LogP contribution in [0.3, 0.4) is 0 Å². The van der Waals surface area contributed by atoms with Crippen LogP contribution in [0.5, 0.6) is 0 Å². The number of amides is 2. The molecule has 1 aliphatic rings. The average Bonchev–Trinajstić information content (AvgIpc) is 2.78. The summed E-state index contributed by atoms with van der Waals surface area (Å²) in [4.78, 5) is 27.3. The van der Waals surface area contributed by atoms with E-state index in [1.807, 2.05) is 25.1 Å². The lowest BCUT2D eigenvalue weighted by molar-refractivity contribution is -0.127. The summed E-state index contributed by atoms with van der Waals surface area (Å²) in [5.74, 6) is -0.807. The van der Waals surface area contributed by atoms with E-state index >= 15 is 0 Å². The highest BCUT2D eigenvalue weighted by Gasteiger charge is 2.29. The molecule has 0 bridgehead atoms. The van der Waals surface area contributed by atoms with Gasteiger partial charge in [0.25, 0.3) is 5.91 Å². The molecule has 2 atom stereocenters. The molecule has 0 aromatic heterocycles. The SMILES string of the molecule is CC(NC(=O)C1CCCN(C(=O)c2ccc(F)cc2)C1)c1ccc2ccccc2c1. The smallest absolute Gasteiger partial charge is 0.253 e. The van der Waals surface area contributed by atoms with Crippen molar-refractivity contribution in [1.29, 1.82) is 0 Å². The van der Waals surface area contributed by atoms with Crippen LogP contribution in [0.25, 0.3) is 10.8 Å². The number of nitrogens with one attached hydrogen (secondary N) is 1. The Kier molecular flexibility index (Phi) is 5.79. The first-order valence-electron chi connectivity index (χ1n) is 10.3. The predicted molar refractivity (Wildman–Crippen MR) is 116 cm³/mol. The van der Waals surface area contributed by atoms with Crippen molar-refractivity contribution in [3.63, 3.8) is 0 Å². The van der Waals surface area contributed by atoms with Gasteiger partial charge in [0.15, 0.2) is 0 Å². The number of carbonyl (C=O) groups excluding carboxylic acids is 2. The molecule has 1 aliphatic heterocycles. The first-order valence-corrected chi connectivity index (χ1v) is 10.3. The maximum absolute atomic E-state index is 13.1. The van der Waals surface area contributed by atoms with E-state index in [1.54, 1.807) is 4.90 Å². The number of halogens is 1. The van der Waals surface area contributed by atoms with Crippen molar-refractivity contribution >= 4 is 22.6 Å². The number of rotatable bonds is 4. The van der Waals surface area contributed by atoms with Crippen molar-refractivity contribution in [2.75, 3.05) is 13.1 Å². The number of carbonyl (C=O) groups is 2. The monoisotopic (exact) mass is 404 g/mol. The molecule has 1 heterocycles. The first-order chi connectivity index (χ1) is 14.5. The maximum Gasteiger partial charge on any atom is 0.253 e. The fourth-order valence-electron chi connectivity index (χ4n) is 4.04. The van der Waals surface area contributed by atoms with Gasteiger partial charge in [-0.15, -0.1) is 0 Å². The van der Waals surface area contributed by atoms with E-state index in [-0.39, 0.29) is 29.6 Å². The molecular formula is C25H25FN2O2. The predicted octanol–water partition coefficient (Wildman–Crippen LogP) is 4.71. The van der Waals surface area contributed by atoms with Gasteiger partial charge in [0.1, 0.15) is 5.82 Å². The van der Waals surface area contributed by atoms with Crippen LogP contribution in [0.2, 0.25) is 0 Å². The minimum atomic E-state index is -0.370. The number of fused-ring (bicyclic) bond motifs is 1. The van der Waals surface area contributed by atoms with Crippen molar-refractivity contribution in [3.8, 4) is 0 Å². The topological polar surface area (TPSA) is 49.4 Å². The average molecular weight is 404 g/mol. The van der Waals surface area contributed by atoms with Gasteiger partial charge in [-0.1, -0.05) is 36.4 Å². The summed E-state index contributed by atoms with van der Waals surface area (Å²) in [5.41, 5.74) is 1.50. The second-order valence-corrected chi connectivity index (χ2v) is 7.93. The Morgan fingerprint density at radius 2 is 1.77 bits per heavy atom. The molecule has 0 spiro atoms. The molecule has 4 nitrogen and oxygen atoms in total. The summed E-state index contributed by atoms with van der Waals surface area (Å²) in [6.07, 6.45) is 1.53. The van der Waals surface area contributed by atoms with Crippen LogP contribution in [0.15, 0.2) is 66.7 Å². The molecule has 30 heavy (non-hydrogen) atoms. The second-order valence-electron chi connectivity index (χ2n) is 7.93. The van der Waals surface area contributed by atoms with Gasteiger partial charge in [0.05, 0.1) is 12.0 Å². The van der Waals surface area contributed by atoms with Gasteiger partial charge in [-0.2, -0.15) is 0 Å². The third-order valence-corrected chi connectivity index (χ3v) is 5.80. The van der Waals surface area contributed by atoms with E-state index in [0.717, 1.165) is 23.8 Å². The van der Waals surface area contributed by atoms with Crippen molar-refractivity contribution in [2.24, 2.45) is 5.92 Å². The number of likely N-dealkylation sites (tertiary alicyclic amines) is 1. The minimum Gasteiger partial charge on any atom is -0.349 e. The van der Waals surface area contributed by atoms with Crippen molar-refractivity contribution in [1.82, 2.24) is 10.2 Å². The van der Waals surface area contributed by atoms with Crippen LogP contribution < -0.4 is 5.32 Å². The molecule has 1 saturated heterocycles. The largest absolute Gasteiger partial charge is 0.349 e. The number of hydrogen-bond donors (Lipinski definition) is 1. The molecule has 1 fully saturated rings. The zero-order chi connectivity index (χ0) is 21.1. The molecular weight excluding hydrogens is 379 g/mol. The number of benzene rings is 3. The summed E-state index contributed by atoms with van der Waals surface area (Å²) in [6, 6.07) is 19.8. The standard InChI is InChI=1S/C25H25FN2O2/c1-17(20-9-8-18-5-2-3-6-21(18)15-20)27-24(29)22-7-4-14-28(16-22)25(30)19-10-12-23(26)13-11-19/h2-3,5-6,8-13,15,17,22H,4,7,14,16H2,1H3,(H,27,29). The Morgan fingerprint density at radius 3 is 2.53 bits per heavy atom. The van der Waals surface area contributed by atoms with E-state index < -0.39 is 0 Å². The highest BCUT2D eigenvalue weighted by atomic mass is 19.1. The van der Waals surface area contributed by atoms with E-state index in [9.17, 15) is 14.0 Å². The Labute approximate surface area is 175 Å². The fraction of sp³-hybridized carbons (Fsp3) is 0.280. The van der Waals surface area contributed by atoms with E-state index in [1.165, 1.54) is 29.7 Å². The highest BCUT2D eigenvalue weighted by molar-refractivity contribution is 5.94. The Balaban J connectivity index is 1.40. The van der Waals surface area contributed by atoms with Gasteiger partial charge in [-0.05, 0) is 66.4 Å². The summed E-state index contributed by atoms with van der Waals surface area (Å²) in [6.45, 7) is 2.97. The molecule has 154 valence electrons. The van der Waals surface area contributed by atoms with Gasteiger partial charge in [-0.25, -0.2) is 4.39 Å². The lowest BCUT2D eigenvalue weighted by Crippen LogP contribution is -2.45. The molecule has 3 aromatic carbocycles. The fourth-order valence-corrected chi connectivity index (χ4v) is 4.04. The lowest BCUT2D eigenvalue weighted by atomic mass is 9.95. The minimum absolute atomic E-state index is 0.0349. The van der Waals surface area contributed by atoms with E-state index in [2.05, 4.69) is 29.6 Å². The van der Waals surface area contributed by atoms with Crippen LogP contribution in [-0.4, -0.2) is 29.8 Å². The highest BCUT2D eigenvalue weighted by Crippen LogP contribution is 2.23.